The first-order chi connectivity index (χ1) is 9.97. The van der Waals surface area contributed by atoms with E-state index >= 15 is 0 Å². The van der Waals surface area contributed by atoms with Crippen molar-refractivity contribution in [2.75, 3.05) is 11.9 Å². The molecule has 5 heteroatoms. The van der Waals surface area contributed by atoms with Crippen molar-refractivity contribution < 1.29 is 13.6 Å². The number of rotatable bonds is 2. The van der Waals surface area contributed by atoms with Gasteiger partial charge in [-0.05, 0) is 23.3 Å². The Kier molecular flexibility index (Phi) is 3.53. The third kappa shape index (κ3) is 2.46. The number of benzene rings is 2. The highest BCUT2D eigenvalue weighted by Gasteiger charge is 2.25. The van der Waals surface area contributed by atoms with Gasteiger partial charge in [0.15, 0.2) is 0 Å². The molecular formula is C16H12BrF2NO. The van der Waals surface area contributed by atoms with Gasteiger partial charge in [0, 0.05) is 24.4 Å². The average molecular weight is 352 g/mol. The predicted molar refractivity (Wildman–Crippen MR) is 80.7 cm³/mol. The van der Waals surface area contributed by atoms with E-state index in [4.69, 9.17) is 0 Å². The third-order valence-corrected chi connectivity index (χ3v) is 4.73. The number of carbonyl (C=O) groups is 1. The molecule has 1 aliphatic heterocycles. The number of alkyl halides is 1. The summed E-state index contributed by atoms with van der Waals surface area (Å²) in [5.74, 6) is -1.15. The van der Waals surface area contributed by atoms with Gasteiger partial charge < -0.3 is 4.90 Å². The van der Waals surface area contributed by atoms with Crippen LogP contribution in [0.2, 0.25) is 0 Å². The molecule has 0 aromatic heterocycles. The van der Waals surface area contributed by atoms with Gasteiger partial charge in [-0.15, -0.1) is 0 Å². The van der Waals surface area contributed by atoms with Gasteiger partial charge in [0.05, 0.1) is 11.2 Å². The van der Waals surface area contributed by atoms with E-state index in [0.29, 0.717) is 12.0 Å². The molecule has 1 heterocycles. The molecule has 21 heavy (non-hydrogen) atoms. The molecule has 0 spiro atoms. The van der Waals surface area contributed by atoms with Crippen molar-refractivity contribution in [3.8, 4) is 0 Å². The summed E-state index contributed by atoms with van der Waals surface area (Å²) in [6.45, 7) is 0. The summed E-state index contributed by atoms with van der Waals surface area (Å²) >= 11 is 3.45. The minimum atomic E-state index is -0.600. The zero-order valence-electron chi connectivity index (χ0n) is 11.2. The number of nitrogens with zero attached hydrogens (tertiary/aromatic N) is 1. The molecule has 0 saturated heterocycles. The molecule has 0 saturated carbocycles. The first-order valence-corrected chi connectivity index (χ1v) is 7.37. The zero-order valence-corrected chi connectivity index (χ0v) is 12.8. The van der Waals surface area contributed by atoms with E-state index in [2.05, 4.69) is 15.9 Å². The Bertz CT molecular complexity index is 732. The lowest BCUT2D eigenvalue weighted by molar-refractivity contribution is -0.117. The summed E-state index contributed by atoms with van der Waals surface area (Å²) in [4.78, 5) is 12.9. The molecule has 2 aromatic rings. The lowest BCUT2D eigenvalue weighted by atomic mass is 10.0. The lowest BCUT2D eigenvalue weighted by Gasteiger charge is -2.14. The zero-order chi connectivity index (χ0) is 15.1. The number of carbonyl (C=O) groups excluding carboxylic acids is 1. The number of amides is 1. The van der Waals surface area contributed by atoms with E-state index in [9.17, 15) is 13.6 Å². The molecule has 3 rings (SSSR count). The van der Waals surface area contributed by atoms with Crippen LogP contribution in [0, 0.1) is 11.6 Å². The second kappa shape index (κ2) is 5.22. The van der Waals surface area contributed by atoms with Crippen LogP contribution in [0.1, 0.15) is 21.5 Å². The van der Waals surface area contributed by atoms with Crippen molar-refractivity contribution >= 4 is 27.5 Å². The monoisotopic (exact) mass is 351 g/mol. The van der Waals surface area contributed by atoms with Crippen LogP contribution in [-0.4, -0.2) is 13.0 Å². The van der Waals surface area contributed by atoms with Crippen LogP contribution in [0.5, 0.6) is 0 Å². The normalized spacial score (nSPS) is 15.2. The second-order valence-corrected chi connectivity index (χ2v) is 5.96. The van der Waals surface area contributed by atoms with E-state index in [1.807, 2.05) is 18.2 Å². The molecule has 1 aliphatic rings. The minimum Gasteiger partial charge on any atom is -0.315 e. The van der Waals surface area contributed by atoms with Crippen LogP contribution in [0.4, 0.5) is 14.5 Å². The van der Waals surface area contributed by atoms with Crippen molar-refractivity contribution in [1.82, 2.24) is 0 Å². The maximum Gasteiger partial charge on any atom is 0.231 e. The van der Waals surface area contributed by atoms with Crippen molar-refractivity contribution in [3.05, 3.63) is 64.7 Å². The molecule has 2 aromatic carbocycles. The van der Waals surface area contributed by atoms with Gasteiger partial charge >= 0.3 is 0 Å². The molecule has 2 nitrogen and oxygen atoms in total. The lowest BCUT2D eigenvalue weighted by Crippen LogP contribution is -2.20. The Labute approximate surface area is 129 Å². The van der Waals surface area contributed by atoms with E-state index in [0.717, 1.165) is 22.9 Å². The van der Waals surface area contributed by atoms with Crippen LogP contribution in [0.3, 0.4) is 0 Å². The fourth-order valence-corrected chi connectivity index (χ4v) is 3.19. The van der Waals surface area contributed by atoms with E-state index in [1.54, 1.807) is 11.9 Å². The Hall–Kier alpha value is -1.75. The number of likely N-dealkylation sites (N-methyl/N-ethyl adjacent to an activating group) is 1. The van der Waals surface area contributed by atoms with Gasteiger partial charge in [0.2, 0.25) is 5.91 Å². The van der Waals surface area contributed by atoms with E-state index < -0.39 is 11.6 Å². The summed E-state index contributed by atoms with van der Waals surface area (Å²) in [5.41, 5.74) is 3.01. The Morgan fingerprint density at radius 1 is 1.19 bits per heavy atom. The van der Waals surface area contributed by atoms with Crippen molar-refractivity contribution in [2.24, 2.45) is 0 Å². The fourth-order valence-electron chi connectivity index (χ4n) is 2.53. The third-order valence-electron chi connectivity index (χ3n) is 3.71. The smallest absolute Gasteiger partial charge is 0.231 e. The number of anilines is 1. The molecule has 108 valence electrons. The van der Waals surface area contributed by atoms with Crippen LogP contribution < -0.4 is 4.90 Å². The van der Waals surface area contributed by atoms with Crippen molar-refractivity contribution in [3.63, 3.8) is 0 Å². The molecule has 0 N–H and O–H groups in total. The molecule has 0 bridgehead atoms. The summed E-state index contributed by atoms with van der Waals surface area (Å²) in [6.07, 6.45) is 0.352. The Balaban J connectivity index is 1.98. The second-order valence-electron chi connectivity index (χ2n) is 5.05. The maximum atomic E-state index is 13.9. The molecular weight excluding hydrogens is 340 g/mol. The number of halogens is 3. The summed E-state index contributed by atoms with van der Waals surface area (Å²) in [7, 11) is 1.74. The maximum absolute atomic E-state index is 13.9. The van der Waals surface area contributed by atoms with Gasteiger partial charge in [-0.2, -0.15) is 0 Å². The molecule has 0 aliphatic carbocycles. The highest BCUT2D eigenvalue weighted by Crippen LogP contribution is 2.36. The van der Waals surface area contributed by atoms with Crippen molar-refractivity contribution in [1.29, 1.82) is 0 Å². The first-order valence-electron chi connectivity index (χ1n) is 6.46. The SMILES string of the molecule is CN1C(=O)Cc2cc(C(Br)c3ccc(F)cc3F)ccc21. The molecule has 0 radical (unpaired) electrons. The fraction of sp³-hybridized carbons (Fsp3) is 0.188. The minimum absolute atomic E-state index is 0.0428. The van der Waals surface area contributed by atoms with Crippen molar-refractivity contribution in [2.45, 2.75) is 11.2 Å². The van der Waals surface area contributed by atoms with Gasteiger partial charge in [-0.3, -0.25) is 4.79 Å². The largest absolute Gasteiger partial charge is 0.315 e. The van der Waals surface area contributed by atoms with E-state index in [1.165, 1.54) is 12.1 Å². The molecule has 1 atom stereocenters. The Morgan fingerprint density at radius 3 is 2.67 bits per heavy atom. The highest BCUT2D eigenvalue weighted by molar-refractivity contribution is 9.09. The standard InChI is InChI=1S/C16H12BrF2NO/c1-20-14-5-2-9(6-10(14)7-15(20)21)16(17)12-4-3-11(18)8-13(12)19/h2-6,8,16H,7H2,1H3. The Morgan fingerprint density at radius 2 is 1.95 bits per heavy atom. The highest BCUT2D eigenvalue weighted by atomic mass is 79.9. The molecule has 0 fully saturated rings. The number of hydrogen-bond acceptors (Lipinski definition) is 1. The summed E-state index contributed by atoms with van der Waals surface area (Å²) in [5, 5.41) is 0. The first kappa shape index (κ1) is 14.2. The molecule has 1 amide bonds. The average Bonchev–Trinajstić information content (AvgIpc) is 2.73. The van der Waals surface area contributed by atoms with Crippen LogP contribution in [-0.2, 0) is 11.2 Å². The predicted octanol–water partition coefficient (Wildman–Crippen LogP) is 3.97. The van der Waals surface area contributed by atoms with Crippen LogP contribution in [0.25, 0.3) is 0 Å². The summed E-state index contributed by atoms with van der Waals surface area (Å²) in [6, 6.07) is 9.11. The van der Waals surface area contributed by atoms with Gasteiger partial charge in [0.25, 0.3) is 0 Å². The van der Waals surface area contributed by atoms with Crippen LogP contribution in [0.15, 0.2) is 36.4 Å². The van der Waals surface area contributed by atoms with Gasteiger partial charge in [0.1, 0.15) is 11.6 Å². The topological polar surface area (TPSA) is 20.3 Å². The number of hydrogen-bond donors (Lipinski definition) is 0. The molecule has 1 unspecified atom stereocenters. The number of fused-ring (bicyclic) bond motifs is 1. The quantitative estimate of drug-likeness (QED) is 0.749. The van der Waals surface area contributed by atoms with Crippen LogP contribution >= 0.6 is 15.9 Å². The van der Waals surface area contributed by atoms with Gasteiger partial charge in [-0.1, -0.05) is 34.1 Å². The summed E-state index contributed by atoms with van der Waals surface area (Å²) < 4.78 is 26.8. The van der Waals surface area contributed by atoms with E-state index in [-0.39, 0.29) is 10.7 Å². The van der Waals surface area contributed by atoms with Gasteiger partial charge in [-0.25, -0.2) is 8.78 Å².